The van der Waals surface area contributed by atoms with Gasteiger partial charge in [-0.1, -0.05) is 0 Å². The monoisotopic (exact) mass is 307 g/mol. The van der Waals surface area contributed by atoms with Crippen molar-refractivity contribution in [3.63, 3.8) is 0 Å². The van der Waals surface area contributed by atoms with Crippen molar-refractivity contribution in [3.05, 3.63) is 23.9 Å². The average Bonchev–Trinajstić information content (AvgIpc) is 2.55. The first kappa shape index (κ1) is 16.4. The van der Waals surface area contributed by atoms with Crippen molar-refractivity contribution >= 4 is 17.7 Å². The third-order valence-corrected chi connectivity index (χ3v) is 3.52. The van der Waals surface area contributed by atoms with Gasteiger partial charge in [0, 0.05) is 19.3 Å². The molecule has 1 saturated heterocycles. The highest BCUT2D eigenvalue weighted by Gasteiger charge is 2.24. The summed E-state index contributed by atoms with van der Waals surface area (Å²) in [6, 6.07) is 2.90. The number of morpholine rings is 1. The van der Waals surface area contributed by atoms with Gasteiger partial charge in [0.25, 0.3) is 0 Å². The highest BCUT2D eigenvalue weighted by molar-refractivity contribution is 6.01. The number of anilines is 1. The van der Waals surface area contributed by atoms with E-state index in [-0.39, 0.29) is 29.9 Å². The Morgan fingerprint density at radius 2 is 2.18 bits per heavy atom. The van der Waals surface area contributed by atoms with Crippen LogP contribution in [0.4, 0.5) is 5.82 Å². The summed E-state index contributed by atoms with van der Waals surface area (Å²) in [5.41, 5.74) is 0.256. The number of pyridine rings is 1. The summed E-state index contributed by atoms with van der Waals surface area (Å²) in [4.78, 5) is 30.3. The minimum absolute atomic E-state index is 0.203. The number of rotatable bonds is 5. The van der Waals surface area contributed by atoms with Crippen LogP contribution in [0.1, 0.15) is 24.2 Å². The molecule has 1 aliphatic rings. The van der Waals surface area contributed by atoms with E-state index >= 15 is 0 Å². The Bertz CT molecular complexity index is 529. The molecule has 1 fully saturated rings. The van der Waals surface area contributed by atoms with Crippen LogP contribution in [0.2, 0.25) is 0 Å². The van der Waals surface area contributed by atoms with Crippen LogP contribution >= 0.6 is 0 Å². The molecule has 0 radical (unpaired) electrons. The molecule has 120 valence electrons. The van der Waals surface area contributed by atoms with Gasteiger partial charge in [-0.15, -0.1) is 0 Å². The highest BCUT2D eigenvalue weighted by Crippen LogP contribution is 2.14. The van der Waals surface area contributed by atoms with E-state index < -0.39 is 5.97 Å². The minimum atomic E-state index is -0.495. The van der Waals surface area contributed by atoms with Crippen LogP contribution in [0, 0.1) is 0 Å². The van der Waals surface area contributed by atoms with Crippen molar-refractivity contribution in [1.29, 1.82) is 0 Å². The van der Waals surface area contributed by atoms with E-state index in [1.54, 1.807) is 19.1 Å². The number of carbonyl (C=O) groups is 2. The summed E-state index contributed by atoms with van der Waals surface area (Å²) < 4.78 is 10.2. The van der Waals surface area contributed by atoms with Crippen LogP contribution in [0.3, 0.4) is 0 Å². The number of nitrogens with one attached hydrogen (secondary N) is 1. The molecular weight excluding hydrogens is 286 g/mol. The summed E-state index contributed by atoms with van der Waals surface area (Å²) in [5.74, 6) is -0.470. The van der Waals surface area contributed by atoms with Crippen molar-refractivity contribution in [2.45, 2.75) is 19.9 Å². The van der Waals surface area contributed by atoms with Gasteiger partial charge in [0.15, 0.2) is 0 Å². The molecule has 1 amide bonds. The maximum absolute atomic E-state index is 12.4. The molecule has 0 saturated carbocycles. The molecule has 7 heteroatoms. The Morgan fingerprint density at radius 1 is 1.45 bits per heavy atom. The SMILES string of the molecule is CCOC(=O)c1cccnc1NC(=O)C(C)N1CCOCC1. The van der Waals surface area contributed by atoms with Gasteiger partial charge in [-0.3, -0.25) is 9.69 Å². The van der Waals surface area contributed by atoms with Gasteiger partial charge in [0.1, 0.15) is 11.4 Å². The highest BCUT2D eigenvalue weighted by atomic mass is 16.5. The van der Waals surface area contributed by atoms with E-state index in [0.29, 0.717) is 26.3 Å². The van der Waals surface area contributed by atoms with E-state index in [4.69, 9.17) is 9.47 Å². The average molecular weight is 307 g/mol. The van der Waals surface area contributed by atoms with Crippen LogP contribution in [-0.4, -0.2) is 60.7 Å². The van der Waals surface area contributed by atoms with E-state index in [0.717, 1.165) is 0 Å². The molecule has 0 aromatic carbocycles. The van der Waals surface area contributed by atoms with Crippen molar-refractivity contribution in [2.75, 3.05) is 38.2 Å². The quantitative estimate of drug-likeness (QED) is 0.815. The van der Waals surface area contributed by atoms with Crippen LogP contribution < -0.4 is 5.32 Å². The van der Waals surface area contributed by atoms with E-state index in [9.17, 15) is 9.59 Å². The number of ether oxygens (including phenoxy) is 2. The van der Waals surface area contributed by atoms with Gasteiger partial charge < -0.3 is 14.8 Å². The molecule has 2 rings (SSSR count). The molecule has 0 spiro atoms. The smallest absolute Gasteiger partial charge is 0.341 e. The molecule has 7 nitrogen and oxygen atoms in total. The molecule has 1 aromatic rings. The molecule has 1 aromatic heterocycles. The second-order valence-electron chi connectivity index (χ2n) is 4.93. The molecule has 1 atom stereocenters. The fourth-order valence-electron chi connectivity index (χ4n) is 2.23. The second kappa shape index (κ2) is 7.86. The van der Waals surface area contributed by atoms with Crippen molar-refractivity contribution < 1.29 is 19.1 Å². The number of aromatic nitrogens is 1. The summed E-state index contributed by atoms with van der Waals surface area (Å²) in [6.45, 7) is 6.49. The molecule has 2 heterocycles. The Balaban J connectivity index is 2.06. The van der Waals surface area contributed by atoms with Gasteiger partial charge in [0.2, 0.25) is 5.91 Å². The van der Waals surface area contributed by atoms with Crippen LogP contribution in [-0.2, 0) is 14.3 Å². The summed E-state index contributed by atoms with van der Waals surface area (Å²) in [6.07, 6.45) is 1.53. The summed E-state index contributed by atoms with van der Waals surface area (Å²) in [7, 11) is 0. The third kappa shape index (κ3) is 4.02. The predicted molar refractivity (Wildman–Crippen MR) is 80.7 cm³/mol. The van der Waals surface area contributed by atoms with E-state index in [2.05, 4.69) is 10.3 Å². The zero-order valence-corrected chi connectivity index (χ0v) is 12.9. The first-order valence-electron chi connectivity index (χ1n) is 7.38. The standard InChI is InChI=1S/C15H21N3O4/c1-3-22-15(20)12-5-4-6-16-13(12)17-14(19)11(2)18-7-9-21-10-8-18/h4-6,11H,3,7-10H2,1-2H3,(H,16,17,19). The van der Waals surface area contributed by atoms with Gasteiger partial charge in [-0.25, -0.2) is 9.78 Å². The zero-order valence-electron chi connectivity index (χ0n) is 12.9. The number of nitrogens with zero attached hydrogens (tertiary/aromatic N) is 2. The lowest BCUT2D eigenvalue weighted by atomic mass is 10.2. The molecule has 1 unspecified atom stereocenters. The molecule has 1 aliphatic heterocycles. The maximum atomic E-state index is 12.4. The summed E-state index contributed by atoms with van der Waals surface area (Å²) >= 11 is 0. The number of hydrogen-bond donors (Lipinski definition) is 1. The Labute approximate surface area is 129 Å². The lowest BCUT2D eigenvalue weighted by molar-refractivity contribution is -0.122. The number of carbonyl (C=O) groups excluding carboxylic acids is 2. The largest absolute Gasteiger partial charge is 0.462 e. The van der Waals surface area contributed by atoms with Crippen LogP contribution in [0.5, 0.6) is 0 Å². The van der Waals surface area contributed by atoms with Crippen LogP contribution in [0.25, 0.3) is 0 Å². The zero-order chi connectivity index (χ0) is 15.9. The first-order valence-corrected chi connectivity index (χ1v) is 7.38. The lowest BCUT2D eigenvalue weighted by Crippen LogP contribution is -2.47. The van der Waals surface area contributed by atoms with Gasteiger partial charge >= 0.3 is 5.97 Å². The lowest BCUT2D eigenvalue weighted by Gasteiger charge is -2.31. The number of esters is 1. The predicted octanol–water partition coefficient (Wildman–Crippen LogP) is 0.917. The molecule has 22 heavy (non-hydrogen) atoms. The molecular formula is C15H21N3O4. The van der Waals surface area contributed by atoms with Crippen molar-refractivity contribution in [3.8, 4) is 0 Å². The fraction of sp³-hybridized carbons (Fsp3) is 0.533. The Kier molecular flexibility index (Phi) is 5.85. The minimum Gasteiger partial charge on any atom is -0.462 e. The fourth-order valence-corrected chi connectivity index (χ4v) is 2.23. The molecule has 1 N–H and O–H groups in total. The van der Waals surface area contributed by atoms with Gasteiger partial charge in [0.05, 0.1) is 25.9 Å². The Morgan fingerprint density at radius 3 is 2.86 bits per heavy atom. The molecule has 0 aliphatic carbocycles. The van der Waals surface area contributed by atoms with Crippen molar-refractivity contribution in [1.82, 2.24) is 9.88 Å². The first-order chi connectivity index (χ1) is 10.6. The van der Waals surface area contributed by atoms with Crippen LogP contribution in [0.15, 0.2) is 18.3 Å². The van der Waals surface area contributed by atoms with Gasteiger partial charge in [-0.05, 0) is 26.0 Å². The second-order valence-corrected chi connectivity index (χ2v) is 4.93. The number of amides is 1. The van der Waals surface area contributed by atoms with E-state index in [1.165, 1.54) is 6.20 Å². The summed E-state index contributed by atoms with van der Waals surface area (Å²) in [5, 5.41) is 2.71. The number of hydrogen-bond acceptors (Lipinski definition) is 6. The topological polar surface area (TPSA) is 80.8 Å². The third-order valence-electron chi connectivity index (χ3n) is 3.52. The van der Waals surface area contributed by atoms with E-state index in [1.807, 2.05) is 11.8 Å². The normalized spacial score (nSPS) is 16.8. The molecule has 0 bridgehead atoms. The van der Waals surface area contributed by atoms with Gasteiger partial charge in [-0.2, -0.15) is 0 Å². The maximum Gasteiger partial charge on any atom is 0.341 e. The van der Waals surface area contributed by atoms with Crippen molar-refractivity contribution in [2.24, 2.45) is 0 Å². The Hall–Kier alpha value is -1.99.